The Labute approximate surface area is 185 Å². The Morgan fingerprint density at radius 3 is 2.68 bits per heavy atom. The number of nitrogens with zero attached hydrogens (tertiary/aromatic N) is 2. The molecule has 0 aromatic heterocycles. The molecule has 3 rings (SSSR count). The van der Waals surface area contributed by atoms with Gasteiger partial charge < -0.3 is 19.7 Å². The number of carbonyl (C=O) groups excluding carboxylic acids is 1. The molecule has 6 heteroatoms. The lowest BCUT2D eigenvalue weighted by Crippen LogP contribution is -2.36. The van der Waals surface area contributed by atoms with Gasteiger partial charge in [0, 0.05) is 51.6 Å². The topological polar surface area (TPSA) is 54.0 Å². The van der Waals surface area contributed by atoms with E-state index in [2.05, 4.69) is 53.0 Å². The normalized spacial score (nSPS) is 17.3. The van der Waals surface area contributed by atoms with E-state index in [9.17, 15) is 4.79 Å². The highest BCUT2D eigenvalue weighted by Crippen LogP contribution is 2.28. The van der Waals surface area contributed by atoms with Crippen molar-refractivity contribution in [3.8, 4) is 0 Å². The molecule has 1 fully saturated rings. The predicted molar refractivity (Wildman–Crippen MR) is 124 cm³/mol. The molecule has 31 heavy (non-hydrogen) atoms. The Kier molecular flexibility index (Phi) is 8.64. The summed E-state index contributed by atoms with van der Waals surface area (Å²) < 4.78 is 10.8. The number of nitrogens with one attached hydrogen (secondary N) is 1. The first kappa shape index (κ1) is 23.0. The van der Waals surface area contributed by atoms with Crippen LogP contribution in [-0.4, -0.2) is 64.0 Å². The summed E-state index contributed by atoms with van der Waals surface area (Å²) in [4.78, 5) is 16.9. The van der Waals surface area contributed by atoms with Gasteiger partial charge in [0.15, 0.2) is 0 Å². The maximum Gasteiger partial charge on any atom is 0.251 e. The first-order valence-corrected chi connectivity index (χ1v) is 10.7. The van der Waals surface area contributed by atoms with Crippen molar-refractivity contribution < 1.29 is 14.3 Å². The number of likely N-dealkylation sites (N-methyl/N-ethyl adjacent to an activating group) is 1. The van der Waals surface area contributed by atoms with Gasteiger partial charge in [-0.05, 0) is 36.2 Å². The standard InChI is InChI=1S/C25H33N3O3/c1-4-15-26-25(29)21-10-12-22(13-11-21)27(2)24(20-8-6-5-7-9-20)18-28-16-14-23(17-28)31-19-30-3/h4-13,23-24H,1,14-19H2,2-3H3,(H,26,29). The quantitative estimate of drug-likeness (QED) is 0.443. The van der Waals surface area contributed by atoms with Gasteiger partial charge in [-0.2, -0.15) is 0 Å². The van der Waals surface area contributed by atoms with E-state index in [-0.39, 0.29) is 18.1 Å². The zero-order valence-corrected chi connectivity index (χ0v) is 18.5. The maximum atomic E-state index is 12.2. The molecule has 0 aliphatic carbocycles. The number of hydrogen-bond acceptors (Lipinski definition) is 5. The zero-order chi connectivity index (χ0) is 22.1. The van der Waals surface area contributed by atoms with Crippen LogP contribution in [0.15, 0.2) is 67.3 Å². The van der Waals surface area contributed by atoms with Gasteiger partial charge in [0.05, 0.1) is 12.1 Å². The van der Waals surface area contributed by atoms with Crippen LogP contribution in [0.5, 0.6) is 0 Å². The molecule has 2 atom stereocenters. The number of anilines is 1. The van der Waals surface area contributed by atoms with Crippen molar-refractivity contribution >= 4 is 11.6 Å². The van der Waals surface area contributed by atoms with E-state index in [1.807, 2.05) is 30.3 Å². The van der Waals surface area contributed by atoms with Gasteiger partial charge >= 0.3 is 0 Å². The summed E-state index contributed by atoms with van der Waals surface area (Å²) in [6.07, 6.45) is 2.91. The van der Waals surface area contributed by atoms with Gasteiger partial charge in [0.2, 0.25) is 0 Å². The molecule has 1 heterocycles. The number of hydrogen-bond donors (Lipinski definition) is 1. The van der Waals surface area contributed by atoms with Crippen LogP contribution in [-0.2, 0) is 9.47 Å². The fraction of sp³-hybridized carbons (Fsp3) is 0.400. The van der Waals surface area contributed by atoms with Crippen molar-refractivity contribution in [2.45, 2.75) is 18.6 Å². The van der Waals surface area contributed by atoms with Crippen LogP contribution in [0, 0.1) is 0 Å². The Morgan fingerprint density at radius 1 is 1.26 bits per heavy atom. The third-order valence-corrected chi connectivity index (χ3v) is 5.68. The average Bonchev–Trinajstić information content (AvgIpc) is 3.27. The van der Waals surface area contributed by atoms with Crippen molar-refractivity contribution in [1.29, 1.82) is 0 Å². The first-order chi connectivity index (χ1) is 15.1. The minimum atomic E-state index is -0.0899. The van der Waals surface area contributed by atoms with Crippen LogP contribution < -0.4 is 10.2 Å². The van der Waals surface area contributed by atoms with Gasteiger partial charge in [-0.3, -0.25) is 9.69 Å². The highest BCUT2D eigenvalue weighted by molar-refractivity contribution is 5.94. The molecule has 1 amide bonds. The molecule has 0 bridgehead atoms. The Balaban J connectivity index is 1.72. The molecular formula is C25H33N3O3. The maximum absolute atomic E-state index is 12.2. The van der Waals surface area contributed by atoms with Crippen LogP contribution in [0.3, 0.4) is 0 Å². The summed E-state index contributed by atoms with van der Waals surface area (Å²) in [5, 5.41) is 2.81. The van der Waals surface area contributed by atoms with Crippen molar-refractivity contribution in [2.75, 3.05) is 52.0 Å². The van der Waals surface area contributed by atoms with Crippen molar-refractivity contribution in [3.63, 3.8) is 0 Å². The summed E-state index contributed by atoms with van der Waals surface area (Å²) in [5.41, 5.74) is 2.98. The molecule has 2 aromatic carbocycles. The lowest BCUT2D eigenvalue weighted by molar-refractivity contribution is -0.0671. The minimum absolute atomic E-state index is 0.0899. The van der Waals surface area contributed by atoms with Gasteiger partial charge in [-0.15, -0.1) is 6.58 Å². The van der Waals surface area contributed by atoms with Crippen LogP contribution >= 0.6 is 0 Å². The Hall–Kier alpha value is -2.67. The summed E-state index contributed by atoms with van der Waals surface area (Å²) in [7, 11) is 3.76. The van der Waals surface area contributed by atoms with Gasteiger partial charge in [0.25, 0.3) is 5.91 Å². The smallest absolute Gasteiger partial charge is 0.251 e. The number of rotatable bonds is 11. The third-order valence-electron chi connectivity index (χ3n) is 5.68. The van der Waals surface area contributed by atoms with E-state index in [1.54, 1.807) is 13.2 Å². The summed E-state index contributed by atoms with van der Waals surface area (Å²) >= 11 is 0. The number of likely N-dealkylation sites (tertiary alicyclic amines) is 1. The molecule has 0 saturated carbocycles. The third kappa shape index (κ3) is 6.40. The number of ether oxygens (including phenoxy) is 2. The van der Waals surface area contributed by atoms with E-state index in [0.717, 1.165) is 31.7 Å². The molecular weight excluding hydrogens is 390 g/mol. The fourth-order valence-corrected chi connectivity index (χ4v) is 3.93. The SMILES string of the molecule is C=CCNC(=O)c1ccc(N(C)C(CN2CCC(OCOC)C2)c2ccccc2)cc1. The molecule has 0 radical (unpaired) electrons. The molecule has 0 spiro atoms. The molecule has 166 valence electrons. The molecule has 2 unspecified atom stereocenters. The Bertz CT molecular complexity index is 826. The predicted octanol–water partition coefficient (Wildman–Crippen LogP) is 3.47. The van der Waals surface area contributed by atoms with E-state index < -0.39 is 0 Å². The summed E-state index contributed by atoms with van der Waals surface area (Å²) in [6.45, 7) is 7.25. The van der Waals surface area contributed by atoms with Gasteiger partial charge in [-0.25, -0.2) is 0 Å². The van der Waals surface area contributed by atoms with Crippen molar-refractivity contribution in [1.82, 2.24) is 10.2 Å². The number of benzene rings is 2. The Morgan fingerprint density at radius 2 is 2.00 bits per heavy atom. The number of amides is 1. The summed E-state index contributed by atoms with van der Waals surface area (Å²) in [5.74, 6) is -0.0899. The summed E-state index contributed by atoms with van der Waals surface area (Å²) in [6, 6.07) is 18.5. The van der Waals surface area contributed by atoms with Crippen LogP contribution in [0.25, 0.3) is 0 Å². The second-order valence-corrected chi connectivity index (χ2v) is 7.83. The monoisotopic (exact) mass is 423 g/mol. The minimum Gasteiger partial charge on any atom is -0.366 e. The molecule has 2 aromatic rings. The first-order valence-electron chi connectivity index (χ1n) is 10.7. The van der Waals surface area contributed by atoms with Gasteiger partial charge in [0.1, 0.15) is 6.79 Å². The lowest BCUT2D eigenvalue weighted by atomic mass is 10.0. The van der Waals surface area contributed by atoms with E-state index in [4.69, 9.17) is 9.47 Å². The largest absolute Gasteiger partial charge is 0.366 e. The van der Waals surface area contributed by atoms with E-state index in [0.29, 0.717) is 18.9 Å². The fourth-order valence-electron chi connectivity index (χ4n) is 3.93. The number of carbonyl (C=O) groups is 1. The van der Waals surface area contributed by atoms with Crippen LogP contribution in [0.2, 0.25) is 0 Å². The van der Waals surface area contributed by atoms with Crippen molar-refractivity contribution in [3.05, 3.63) is 78.4 Å². The highest BCUT2D eigenvalue weighted by atomic mass is 16.7. The molecule has 1 N–H and O–H groups in total. The van der Waals surface area contributed by atoms with E-state index in [1.165, 1.54) is 5.56 Å². The molecule has 1 saturated heterocycles. The second kappa shape index (κ2) is 11.6. The van der Waals surface area contributed by atoms with Crippen LogP contribution in [0.1, 0.15) is 28.4 Å². The van der Waals surface area contributed by atoms with Gasteiger partial charge in [-0.1, -0.05) is 36.4 Å². The molecule has 1 aliphatic rings. The highest BCUT2D eigenvalue weighted by Gasteiger charge is 2.27. The van der Waals surface area contributed by atoms with Crippen LogP contribution in [0.4, 0.5) is 5.69 Å². The average molecular weight is 424 g/mol. The number of methoxy groups -OCH3 is 1. The van der Waals surface area contributed by atoms with Crippen molar-refractivity contribution in [2.24, 2.45) is 0 Å². The lowest BCUT2D eigenvalue weighted by Gasteiger charge is -2.33. The zero-order valence-electron chi connectivity index (χ0n) is 18.5. The van der Waals surface area contributed by atoms with E-state index >= 15 is 0 Å². The second-order valence-electron chi connectivity index (χ2n) is 7.83. The molecule has 6 nitrogen and oxygen atoms in total. The molecule has 1 aliphatic heterocycles.